The molecule has 1 aromatic heterocycles. The molecule has 0 unspecified atom stereocenters. The second-order valence-corrected chi connectivity index (χ2v) is 9.47. The number of unbranched alkanes of at least 4 members (excludes halogenated alkanes) is 2. The van der Waals surface area contributed by atoms with E-state index in [9.17, 15) is 10.1 Å². The number of hydrogen-bond acceptors (Lipinski definition) is 5. The second kappa shape index (κ2) is 15.7. The molecule has 0 bridgehead atoms. The summed E-state index contributed by atoms with van der Waals surface area (Å²) in [6.45, 7) is 6.98. The Kier molecular flexibility index (Phi) is 12.7. The fourth-order valence-electron chi connectivity index (χ4n) is 3.96. The molecule has 0 aliphatic heterocycles. The third-order valence-electron chi connectivity index (χ3n) is 6.09. The van der Waals surface area contributed by atoms with Crippen LogP contribution in [-0.4, -0.2) is 23.1 Å². The molecule has 1 aromatic carbocycles. The lowest BCUT2D eigenvalue weighted by molar-refractivity contribution is -0.118. The van der Waals surface area contributed by atoms with Gasteiger partial charge in [0, 0.05) is 35.4 Å². The van der Waals surface area contributed by atoms with Crippen molar-refractivity contribution in [1.82, 2.24) is 10.3 Å². The molecular weight excluding hydrogens is 470 g/mol. The van der Waals surface area contributed by atoms with Crippen molar-refractivity contribution in [3.8, 4) is 6.07 Å². The molecule has 1 fully saturated rings. The van der Waals surface area contributed by atoms with Gasteiger partial charge in [-0.25, -0.2) is 0 Å². The predicted octanol–water partition coefficient (Wildman–Crippen LogP) is 6.23. The number of nitrogens with zero attached hydrogens (tertiary/aromatic N) is 3. The van der Waals surface area contributed by atoms with Crippen LogP contribution in [0.25, 0.3) is 0 Å². The summed E-state index contributed by atoms with van der Waals surface area (Å²) < 4.78 is 0. The van der Waals surface area contributed by atoms with Gasteiger partial charge in [-0.05, 0) is 60.6 Å². The Bertz CT molecular complexity index is 1060. The van der Waals surface area contributed by atoms with Crippen LogP contribution in [0.4, 0.5) is 0 Å². The number of aromatic nitrogens is 1. The number of nitrogens with two attached hydrogens (primary N) is 1. The van der Waals surface area contributed by atoms with Crippen LogP contribution in [0.15, 0.2) is 53.3 Å². The first-order valence-electron chi connectivity index (χ1n) is 12.8. The highest BCUT2D eigenvalue weighted by Gasteiger charge is 2.33. The van der Waals surface area contributed by atoms with E-state index in [4.69, 9.17) is 17.3 Å². The molecule has 0 saturated heterocycles. The van der Waals surface area contributed by atoms with Gasteiger partial charge < -0.3 is 11.1 Å². The lowest BCUT2D eigenvalue weighted by Crippen LogP contribution is -2.44. The van der Waals surface area contributed by atoms with Gasteiger partial charge in [0.05, 0.1) is 23.8 Å². The summed E-state index contributed by atoms with van der Waals surface area (Å²) in [5.41, 5.74) is 9.57. The zero-order valence-electron chi connectivity index (χ0n) is 21.6. The summed E-state index contributed by atoms with van der Waals surface area (Å²) in [5, 5.41) is 12.9. The van der Waals surface area contributed by atoms with E-state index in [1.165, 1.54) is 31.7 Å². The number of benzene rings is 1. The van der Waals surface area contributed by atoms with E-state index in [2.05, 4.69) is 42.1 Å². The number of nitriles is 1. The topological polar surface area (TPSA) is 104 Å². The first kappa shape index (κ1) is 29.1. The Morgan fingerprint density at radius 1 is 1.22 bits per heavy atom. The van der Waals surface area contributed by atoms with Crippen molar-refractivity contribution in [2.45, 2.75) is 84.2 Å². The number of carbonyl (C=O) groups is 1. The Morgan fingerprint density at radius 2 is 1.97 bits per heavy atom. The van der Waals surface area contributed by atoms with Gasteiger partial charge in [0.2, 0.25) is 0 Å². The third-order valence-corrected chi connectivity index (χ3v) is 6.33. The summed E-state index contributed by atoms with van der Waals surface area (Å²) in [6, 6.07) is 11.5. The third kappa shape index (κ3) is 9.13. The van der Waals surface area contributed by atoms with Crippen LogP contribution >= 0.6 is 11.6 Å². The number of hydrogen-bond donors (Lipinski definition) is 2. The SMILES string of the molecule is CCCCC.CCCc1ccc(CN=C/C(=C\N)C(=O)NC2CC(c3cc(Cl)ccc3C#N)C2)cn1. The van der Waals surface area contributed by atoms with Crippen molar-refractivity contribution in [1.29, 1.82) is 5.26 Å². The first-order valence-corrected chi connectivity index (χ1v) is 13.2. The molecule has 0 spiro atoms. The molecule has 7 heteroatoms. The minimum atomic E-state index is -0.252. The van der Waals surface area contributed by atoms with E-state index in [0.717, 1.165) is 42.5 Å². The van der Waals surface area contributed by atoms with Gasteiger partial charge in [-0.1, -0.05) is 64.1 Å². The summed E-state index contributed by atoms with van der Waals surface area (Å²) >= 11 is 6.08. The van der Waals surface area contributed by atoms with Crippen LogP contribution in [-0.2, 0) is 17.8 Å². The number of halogens is 1. The molecule has 1 saturated carbocycles. The van der Waals surface area contributed by atoms with Crippen LogP contribution in [0.5, 0.6) is 0 Å². The predicted molar refractivity (Wildman–Crippen MR) is 148 cm³/mol. The van der Waals surface area contributed by atoms with E-state index in [1.807, 2.05) is 24.4 Å². The highest BCUT2D eigenvalue weighted by molar-refractivity contribution is 6.30. The van der Waals surface area contributed by atoms with E-state index in [-0.39, 0.29) is 17.9 Å². The van der Waals surface area contributed by atoms with E-state index < -0.39 is 0 Å². The highest BCUT2D eigenvalue weighted by Crippen LogP contribution is 2.39. The Hall–Kier alpha value is -3.17. The summed E-state index contributed by atoms with van der Waals surface area (Å²) in [5.74, 6) is -0.0430. The van der Waals surface area contributed by atoms with Crippen LogP contribution < -0.4 is 11.1 Å². The van der Waals surface area contributed by atoms with E-state index in [1.54, 1.807) is 12.1 Å². The average Bonchev–Trinajstić information content (AvgIpc) is 2.86. The van der Waals surface area contributed by atoms with Crippen LogP contribution in [0, 0.1) is 11.3 Å². The summed E-state index contributed by atoms with van der Waals surface area (Å²) in [4.78, 5) is 21.3. The minimum Gasteiger partial charge on any atom is -0.404 e. The van der Waals surface area contributed by atoms with Gasteiger partial charge in [-0.15, -0.1) is 0 Å². The molecule has 2 aromatic rings. The van der Waals surface area contributed by atoms with E-state index >= 15 is 0 Å². The normalized spacial score (nSPS) is 17.0. The molecule has 3 rings (SSSR count). The Labute approximate surface area is 220 Å². The monoisotopic (exact) mass is 507 g/mol. The van der Waals surface area contributed by atoms with Gasteiger partial charge in [0.1, 0.15) is 0 Å². The molecule has 1 amide bonds. The fraction of sp³-hybridized carbons (Fsp3) is 0.448. The lowest BCUT2D eigenvalue weighted by Gasteiger charge is -2.36. The van der Waals surface area contributed by atoms with Crippen molar-refractivity contribution in [2.75, 3.05) is 0 Å². The maximum Gasteiger partial charge on any atom is 0.254 e. The fourth-order valence-corrected chi connectivity index (χ4v) is 4.15. The zero-order chi connectivity index (χ0) is 26.3. The molecule has 0 atom stereocenters. The number of carbonyl (C=O) groups excluding carboxylic acids is 1. The van der Waals surface area contributed by atoms with Crippen molar-refractivity contribution in [3.63, 3.8) is 0 Å². The first-order chi connectivity index (χ1) is 17.4. The lowest BCUT2D eigenvalue weighted by atomic mass is 9.74. The number of aryl methyl sites for hydroxylation is 1. The molecule has 36 heavy (non-hydrogen) atoms. The summed E-state index contributed by atoms with van der Waals surface area (Å²) in [7, 11) is 0. The zero-order valence-corrected chi connectivity index (χ0v) is 22.4. The van der Waals surface area contributed by atoms with Gasteiger partial charge in [0.25, 0.3) is 5.91 Å². The van der Waals surface area contributed by atoms with Crippen molar-refractivity contribution >= 4 is 23.7 Å². The highest BCUT2D eigenvalue weighted by atomic mass is 35.5. The van der Waals surface area contributed by atoms with Crippen LogP contribution in [0.1, 0.15) is 87.6 Å². The van der Waals surface area contributed by atoms with Gasteiger partial charge in [0.15, 0.2) is 0 Å². The number of pyridine rings is 1. The average molecular weight is 508 g/mol. The van der Waals surface area contributed by atoms with Gasteiger partial charge >= 0.3 is 0 Å². The maximum absolute atomic E-state index is 12.5. The van der Waals surface area contributed by atoms with Crippen LogP contribution in [0.3, 0.4) is 0 Å². The molecule has 1 heterocycles. The standard InChI is InChI=1S/C24H26ClN5O.C5H12/c1-2-3-21-7-4-16(14-29-21)13-28-15-19(12-27)24(31)30-22-8-18(9-22)23-10-20(25)6-5-17(23)11-26;1-3-5-4-2/h4-7,10,12,14-15,18,22H,2-3,8-9,13,27H2,1H3,(H,30,31);3-5H2,1-2H3/b19-12+,28-15?;. The van der Waals surface area contributed by atoms with Crippen molar-refractivity contribution < 1.29 is 4.79 Å². The Morgan fingerprint density at radius 3 is 2.53 bits per heavy atom. The summed E-state index contributed by atoms with van der Waals surface area (Å²) in [6.07, 6.45) is 12.2. The quantitative estimate of drug-likeness (QED) is 0.293. The molecule has 3 N–H and O–H groups in total. The number of nitrogens with one attached hydrogen (secondary N) is 1. The second-order valence-electron chi connectivity index (χ2n) is 9.04. The smallest absolute Gasteiger partial charge is 0.254 e. The Balaban J connectivity index is 0.000000830. The molecule has 0 radical (unpaired) electrons. The van der Waals surface area contributed by atoms with Crippen molar-refractivity contribution in [3.05, 3.63) is 75.7 Å². The molecule has 192 valence electrons. The molecular formula is C29H38ClN5O. The largest absolute Gasteiger partial charge is 0.404 e. The molecule has 1 aliphatic rings. The number of amides is 1. The van der Waals surface area contributed by atoms with Gasteiger partial charge in [-0.2, -0.15) is 5.26 Å². The van der Waals surface area contributed by atoms with E-state index in [0.29, 0.717) is 22.7 Å². The molecule has 6 nitrogen and oxygen atoms in total. The minimum absolute atomic E-state index is 0.0293. The van der Waals surface area contributed by atoms with Crippen LogP contribution in [0.2, 0.25) is 5.02 Å². The number of aliphatic imine (C=N–C) groups is 1. The molecule has 1 aliphatic carbocycles. The maximum atomic E-state index is 12.5. The van der Waals surface area contributed by atoms with Gasteiger partial charge in [-0.3, -0.25) is 14.8 Å². The van der Waals surface area contributed by atoms with Crippen molar-refractivity contribution in [2.24, 2.45) is 10.7 Å². The number of rotatable bonds is 10.